The van der Waals surface area contributed by atoms with Gasteiger partial charge in [0.2, 0.25) is 0 Å². The van der Waals surface area contributed by atoms with Gasteiger partial charge in [0.15, 0.2) is 11.6 Å². The molecule has 1 unspecified atom stereocenters. The highest BCUT2D eigenvalue weighted by atomic mass is 19.2. The second-order valence-corrected chi connectivity index (χ2v) is 4.45. The van der Waals surface area contributed by atoms with Crippen molar-refractivity contribution in [1.82, 2.24) is 4.90 Å². The molecule has 19 heavy (non-hydrogen) atoms. The molecule has 0 radical (unpaired) electrons. The van der Waals surface area contributed by atoms with Crippen LogP contribution in [0.25, 0.3) is 0 Å². The molecule has 0 spiro atoms. The molecule has 0 aliphatic heterocycles. The maximum Gasteiger partial charge on any atom is 0.164 e. The first-order valence-electron chi connectivity index (χ1n) is 6.44. The van der Waals surface area contributed by atoms with Gasteiger partial charge in [-0.05, 0) is 26.5 Å². The fourth-order valence-electron chi connectivity index (χ4n) is 1.75. The highest BCUT2D eigenvalue weighted by molar-refractivity contribution is 5.21. The first kappa shape index (κ1) is 16.0. The summed E-state index contributed by atoms with van der Waals surface area (Å²) in [6, 6.07) is 3.85. The van der Waals surface area contributed by atoms with Crippen molar-refractivity contribution in [2.45, 2.75) is 19.4 Å². The average molecular weight is 273 g/mol. The second-order valence-electron chi connectivity index (χ2n) is 4.45. The topological polar surface area (TPSA) is 32.7 Å². The minimum absolute atomic E-state index is 0.0122. The van der Waals surface area contributed by atoms with Crippen LogP contribution in [0.4, 0.5) is 8.78 Å². The van der Waals surface area contributed by atoms with E-state index in [0.717, 1.165) is 12.6 Å². The van der Waals surface area contributed by atoms with Crippen LogP contribution >= 0.6 is 0 Å². The zero-order valence-corrected chi connectivity index (χ0v) is 11.4. The first-order chi connectivity index (χ1) is 9.06. The lowest BCUT2D eigenvalue weighted by molar-refractivity contribution is 0.107. The van der Waals surface area contributed by atoms with Crippen LogP contribution in [0.2, 0.25) is 0 Å². The van der Waals surface area contributed by atoms with Gasteiger partial charge in [0.05, 0.1) is 12.7 Å². The number of halogens is 2. The number of aliphatic hydroxyl groups is 1. The van der Waals surface area contributed by atoms with Gasteiger partial charge in [0.25, 0.3) is 0 Å². The van der Waals surface area contributed by atoms with Gasteiger partial charge in [-0.2, -0.15) is 0 Å². The van der Waals surface area contributed by atoms with Crippen molar-refractivity contribution in [3.8, 4) is 0 Å². The Hall–Kier alpha value is -1.04. The van der Waals surface area contributed by atoms with E-state index in [0.29, 0.717) is 26.2 Å². The van der Waals surface area contributed by atoms with E-state index < -0.39 is 17.7 Å². The summed E-state index contributed by atoms with van der Waals surface area (Å²) in [5.41, 5.74) is 0.0122. The number of ether oxygens (including phenoxy) is 1. The summed E-state index contributed by atoms with van der Waals surface area (Å²) in [5.74, 6) is -1.90. The van der Waals surface area contributed by atoms with Gasteiger partial charge >= 0.3 is 0 Å². The summed E-state index contributed by atoms with van der Waals surface area (Å²) in [6.45, 7) is 4.55. The fraction of sp³-hybridized carbons (Fsp3) is 0.571. The highest BCUT2D eigenvalue weighted by Crippen LogP contribution is 2.21. The number of rotatable bonds is 8. The SMILES string of the molecule is CCOCCN(C)CCC(O)c1cccc(F)c1F. The van der Waals surface area contributed by atoms with Crippen LogP contribution in [0.15, 0.2) is 18.2 Å². The molecule has 0 saturated carbocycles. The number of benzene rings is 1. The van der Waals surface area contributed by atoms with Gasteiger partial charge in [-0.15, -0.1) is 0 Å². The molecule has 108 valence electrons. The summed E-state index contributed by atoms with van der Waals surface area (Å²) in [6.07, 6.45) is -0.645. The van der Waals surface area contributed by atoms with Crippen LogP contribution in [0.5, 0.6) is 0 Å². The number of likely N-dealkylation sites (N-methyl/N-ethyl adjacent to an activating group) is 1. The molecule has 0 saturated heterocycles. The standard InChI is InChI=1S/C14H21F2NO2/c1-3-19-10-9-17(2)8-7-13(18)11-5-4-6-12(15)14(11)16/h4-6,13,18H,3,7-10H2,1-2H3. The van der Waals surface area contributed by atoms with E-state index in [2.05, 4.69) is 0 Å². The van der Waals surface area contributed by atoms with Crippen LogP contribution in [-0.4, -0.2) is 43.4 Å². The summed E-state index contributed by atoms with van der Waals surface area (Å²) >= 11 is 0. The van der Waals surface area contributed by atoms with E-state index in [1.165, 1.54) is 12.1 Å². The van der Waals surface area contributed by atoms with E-state index in [1.807, 2.05) is 18.9 Å². The van der Waals surface area contributed by atoms with Gasteiger partial charge in [0.1, 0.15) is 0 Å². The molecular weight excluding hydrogens is 252 g/mol. The van der Waals surface area contributed by atoms with E-state index in [1.54, 1.807) is 0 Å². The maximum atomic E-state index is 13.5. The van der Waals surface area contributed by atoms with Gasteiger partial charge in [-0.25, -0.2) is 8.78 Å². The molecule has 1 aromatic rings. The summed E-state index contributed by atoms with van der Waals surface area (Å²) in [5, 5.41) is 9.88. The Kier molecular flexibility index (Phi) is 6.91. The van der Waals surface area contributed by atoms with E-state index in [-0.39, 0.29) is 5.56 Å². The summed E-state index contributed by atoms with van der Waals surface area (Å²) < 4.78 is 31.7. The predicted octanol–water partition coefficient (Wildman–Crippen LogP) is 2.36. The average Bonchev–Trinajstić information content (AvgIpc) is 2.39. The third kappa shape index (κ3) is 5.22. The fourth-order valence-corrected chi connectivity index (χ4v) is 1.75. The Morgan fingerprint density at radius 1 is 1.32 bits per heavy atom. The Balaban J connectivity index is 2.42. The Morgan fingerprint density at radius 2 is 2.05 bits per heavy atom. The molecule has 1 atom stereocenters. The predicted molar refractivity (Wildman–Crippen MR) is 69.9 cm³/mol. The molecule has 1 aromatic carbocycles. The summed E-state index contributed by atoms with van der Waals surface area (Å²) in [7, 11) is 1.90. The zero-order valence-electron chi connectivity index (χ0n) is 11.4. The monoisotopic (exact) mass is 273 g/mol. The number of nitrogens with zero attached hydrogens (tertiary/aromatic N) is 1. The number of hydrogen-bond acceptors (Lipinski definition) is 3. The van der Waals surface area contributed by atoms with Crippen molar-refractivity contribution in [3.63, 3.8) is 0 Å². The largest absolute Gasteiger partial charge is 0.388 e. The number of aliphatic hydroxyl groups excluding tert-OH is 1. The van der Waals surface area contributed by atoms with Crippen molar-refractivity contribution < 1.29 is 18.6 Å². The molecule has 0 bridgehead atoms. The van der Waals surface area contributed by atoms with Crippen molar-refractivity contribution in [2.24, 2.45) is 0 Å². The Labute approximate surface area is 112 Å². The minimum atomic E-state index is -0.995. The van der Waals surface area contributed by atoms with Crippen molar-refractivity contribution in [3.05, 3.63) is 35.4 Å². The lowest BCUT2D eigenvalue weighted by atomic mass is 10.1. The van der Waals surface area contributed by atoms with Crippen molar-refractivity contribution >= 4 is 0 Å². The third-order valence-corrected chi connectivity index (χ3v) is 2.95. The first-order valence-corrected chi connectivity index (χ1v) is 6.44. The molecule has 0 fully saturated rings. The van der Waals surface area contributed by atoms with Crippen LogP contribution < -0.4 is 0 Å². The zero-order chi connectivity index (χ0) is 14.3. The van der Waals surface area contributed by atoms with Gasteiger partial charge in [0, 0.05) is 25.3 Å². The van der Waals surface area contributed by atoms with E-state index in [4.69, 9.17) is 4.74 Å². The molecule has 1 rings (SSSR count). The molecule has 0 aliphatic carbocycles. The normalized spacial score (nSPS) is 12.9. The van der Waals surface area contributed by atoms with Gasteiger partial charge in [-0.1, -0.05) is 12.1 Å². The van der Waals surface area contributed by atoms with Crippen LogP contribution in [0.1, 0.15) is 25.0 Å². The van der Waals surface area contributed by atoms with Crippen molar-refractivity contribution in [2.75, 3.05) is 33.4 Å². The Bertz CT molecular complexity index is 388. The van der Waals surface area contributed by atoms with Gasteiger partial charge < -0.3 is 14.7 Å². The molecule has 0 aliphatic rings. The number of hydrogen-bond donors (Lipinski definition) is 1. The third-order valence-electron chi connectivity index (χ3n) is 2.95. The van der Waals surface area contributed by atoms with Gasteiger partial charge in [-0.3, -0.25) is 0 Å². The molecule has 1 N–H and O–H groups in total. The molecular formula is C14H21F2NO2. The quantitative estimate of drug-likeness (QED) is 0.738. The lowest BCUT2D eigenvalue weighted by Gasteiger charge is -2.19. The van der Waals surface area contributed by atoms with Crippen LogP contribution in [0, 0.1) is 11.6 Å². The lowest BCUT2D eigenvalue weighted by Crippen LogP contribution is -2.25. The Morgan fingerprint density at radius 3 is 2.74 bits per heavy atom. The van der Waals surface area contributed by atoms with Crippen LogP contribution in [0.3, 0.4) is 0 Å². The minimum Gasteiger partial charge on any atom is -0.388 e. The van der Waals surface area contributed by atoms with E-state index in [9.17, 15) is 13.9 Å². The maximum absolute atomic E-state index is 13.5. The molecule has 0 heterocycles. The highest BCUT2D eigenvalue weighted by Gasteiger charge is 2.16. The molecule has 0 aromatic heterocycles. The second kappa shape index (κ2) is 8.19. The smallest absolute Gasteiger partial charge is 0.164 e. The van der Waals surface area contributed by atoms with E-state index >= 15 is 0 Å². The molecule has 3 nitrogen and oxygen atoms in total. The van der Waals surface area contributed by atoms with Crippen LogP contribution in [-0.2, 0) is 4.74 Å². The van der Waals surface area contributed by atoms with Crippen molar-refractivity contribution in [1.29, 1.82) is 0 Å². The molecule has 0 amide bonds. The summed E-state index contributed by atoms with van der Waals surface area (Å²) in [4.78, 5) is 1.98. The molecule has 5 heteroatoms.